The van der Waals surface area contributed by atoms with Crippen molar-refractivity contribution in [2.24, 2.45) is 0 Å². The van der Waals surface area contributed by atoms with Crippen LogP contribution in [0.2, 0.25) is 0 Å². The van der Waals surface area contributed by atoms with Crippen molar-refractivity contribution in [2.45, 2.75) is 6.92 Å². The van der Waals surface area contributed by atoms with Crippen molar-refractivity contribution in [1.82, 2.24) is 0 Å². The fourth-order valence-electron chi connectivity index (χ4n) is 1.92. The molecule has 0 atom stereocenters. The van der Waals surface area contributed by atoms with E-state index in [4.69, 9.17) is 0 Å². The molecule has 0 aliphatic carbocycles. The van der Waals surface area contributed by atoms with Gasteiger partial charge in [-0.25, -0.2) is 0 Å². The van der Waals surface area contributed by atoms with Crippen LogP contribution >= 0.6 is 0 Å². The van der Waals surface area contributed by atoms with Crippen molar-refractivity contribution in [2.75, 3.05) is 18.5 Å². The molecule has 0 unspecified atom stereocenters. The van der Waals surface area contributed by atoms with E-state index in [1.54, 1.807) is 12.1 Å². The minimum Gasteiger partial charge on any atom is -0.375 e. The monoisotopic (exact) mass is 282 g/mol. The third-order valence-electron chi connectivity index (χ3n) is 3.38. The zero-order chi connectivity index (χ0) is 15.2. The van der Waals surface area contributed by atoms with Crippen molar-refractivity contribution < 1.29 is 4.92 Å². The van der Waals surface area contributed by atoms with E-state index in [0.717, 1.165) is 17.7 Å². The van der Waals surface area contributed by atoms with Gasteiger partial charge in [0.05, 0.1) is 4.92 Å². The van der Waals surface area contributed by atoms with Gasteiger partial charge in [0.1, 0.15) is 0 Å². The average molecular weight is 282 g/mol. The molecule has 0 saturated carbocycles. The number of benzene rings is 2. The SMILES string of the molecule is CCN(C)c1ccc(C=Cc2ccc([N+](=O)[O-])cc2)cc1. The Kier molecular flexibility index (Phi) is 4.72. The molecule has 0 aliphatic rings. The van der Waals surface area contributed by atoms with Gasteiger partial charge < -0.3 is 4.90 Å². The largest absolute Gasteiger partial charge is 0.375 e. The Morgan fingerprint density at radius 1 is 1.00 bits per heavy atom. The lowest BCUT2D eigenvalue weighted by molar-refractivity contribution is -0.384. The summed E-state index contributed by atoms with van der Waals surface area (Å²) >= 11 is 0. The second kappa shape index (κ2) is 6.70. The van der Waals surface area contributed by atoms with E-state index in [0.29, 0.717) is 0 Å². The van der Waals surface area contributed by atoms with Crippen LogP contribution in [0.1, 0.15) is 18.1 Å². The summed E-state index contributed by atoms with van der Waals surface area (Å²) < 4.78 is 0. The molecular weight excluding hydrogens is 264 g/mol. The standard InChI is InChI=1S/C17H18N2O2/c1-3-18(2)16-10-6-14(7-11-16)4-5-15-8-12-17(13-9-15)19(20)21/h4-13H,3H2,1-2H3. The Balaban J connectivity index is 2.08. The Labute approximate surface area is 124 Å². The molecule has 0 aliphatic heterocycles. The smallest absolute Gasteiger partial charge is 0.269 e. The van der Waals surface area contributed by atoms with Gasteiger partial charge in [-0.2, -0.15) is 0 Å². The Morgan fingerprint density at radius 3 is 1.90 bits per heavy atom. The molecule has 4 nitrogen and oxygen atoms in total. The topological polar surface area (TPSA) is 46.4 Å². The summed E-state index contributed by atoms with van der Waals surface area (Å²) in [6.07, 6.45) is 3.94. The van der Waals surface area contributed by atoms with Crippen molar-refractivity contribution in [3.8, 4) is 0 Å². The van der Waals surface area contributed by atoms with Crippen molar-refractivity contribution in [3.63, 3.8) is 0 Å². The molecule has 2 aromatic rings. The summed E-state index contributed by atoms with van der Waals surface area (Å²) in [6.45, 7) is 3.08. The zero-order valence-corrected chi connectivity index (χ0v) is 12.2. The second-order valence-corrected chi connectivity index (χ2v) is 4.79. The molecule has 0 spiro atoms. The maximum Gasteiger partial charge on any atom is 0.269 e. The molecule has 21 heavy (non-hydrogen) atoms. The van der Waals surface area contributed by atoms with Gasteiger partial charge in [0.25, 0.3) is 5.69 Å². The molecule has 0 fully saturated rings. The molecule has 4 heteroatoms. The lowest BCUT2D eigenvalue weighted by Crippen LogP contribution is -2.15. The van der Waals surface area contributed by atoms with Crippen molar-refractivity contribution >= 4 is 23.5 Å². The summed E-state index contributed by atoms with van der Waals surface area (Å²) in [6, 6.07) is 14.8. The number of hydrogen-bond donors (Lipinski definition) is 0. The van der Waals surface area contributed by atoms with E-state index in [1.165, 1.54) is 17.8 Å². The number of rotatable bonds is 5. The Bertz CT molecular complexity index is 631. The molecule has 0 saturated heterocycles. The predicted octanol–water partition coefficient (Wildman–Crippen LogP) is 4.22. The summed E-state index contributed by atoms with van der Waals surface area (Å²) in [5.41, 5.74) is 3.33. The first-order chi connectivity index (χ1) is 10.1. The molecule has 0 heterocycles. The third kappa shape index (κ3) is 3.92. The maximum atomic E-state index is 10.6. The minimum absolute atomic E-state index is 0.110. The molecule has 0 radical (unpaired) electrons. The molecular formula is C17H18N2O2. The summed E-state index contributed by atoms with van der Waals surface area (Å²) in [7, 11) is 2.06. The molecule has 0 amide bonds. The lowest BCUT2D eigenvalue weighted by atomic mass is 10.1. The van der Waals surface area contributed by atoms with Gasteiger partial charge in [-0.3, -0.25) is 10.1 Å². The first kappa shape index (κ1) is 14.8. The van der Waals surface area contributed by atoms with E-state index in [2.05, 4.69) is 43.1 Å². The first-order valence-corrected chi connectivity index (χ1v) is 6.84. The highest BCUT2D eigenvalue weighted by atomic mass is 16.6. The zero-order valence-electron chi connectivity index (χ0n) is 12.2. The van der Waals surface area contributed by atoms with Gasteiger partial charge in [-0.1, -0.05) is 24.3 Å². The summed E-state index contributed by atoms with van der Waals surface area (Å²) in [4.78, 5) is 12.4. The quantitative estimate of drug-likeness (QED) is 0.468. The average Bonchev–Trinajstić information content (AvgIpc) is 2.53. The molecule has 0 bridgehead atoms. The maximum absolute atomic E-state index is 10.6. The summed E-state index contributed by atoms with van der Waals surface area (Å²) in [5, 5.41) is 10.6. The predicted molar refractivity (Wildman–Crippen MR) is 87.4 cm³/mol. The van der Waals surface area contributed by atoms with E-state index in [1.807, 2.05) is 12.2 Å². The van der Waals surface area contributed by atoms with E-state index < -0.39 is 4.92 Å². The lowest BCUT2D eigenvalue weighted by Gasteiger charge is -2.16. The fraction of sp³-hybridized carbons (Fsp3) is 0.176. The number of nitrogens with zero attached hydrogens (tertiary/aromatic N) is 2. The van der Waals surface area contributed by atoms with Crippen molar-refractivity contribution in [1.29, 1.82) is 0 Å². The van der Waals surface area contributed by atoms with Gasteiger partial charge in [0.2, 0.25) is 0 Å². The van der Waals surface area contributed by atoms with Crippen LogP contribution in [0.3, 0.4) is 0 Å². The van der Waals surface area contributed by atoms with Crippen LogP contribution in [0.25, 0.3) is 12.2 Å². The van der Waals surface area contributed by atoms with Crippen LogP contribution < -0.4 is 4.90 Å². The van der Waals surface area contributed by atoms with Crippen molar-refractivity contribution in [3.05, 3.63) is 69.8 Å². The van der Waals surface area contributed by atoms with E-state index in [9.17, 15) is 10.1 Å². The number of non-ortho nitro benzene ring substituents is 1. The van der Waals surface area contributed by atoms with Crippen LogP contribution in [0, 0.1) is 10.1 Å². The molecule has 2 aromatic carbocycles. The Hall–Kier alpha value is -2.62. The van der Waals surface area contributed by atoms with Crippen LogP contribution in [0.5, 0.6) is 0 Å². The fourth-order valence-corrected chi connectivity index (χ4v) is 1.92. The third-order valence-corrected chi connectivity index (χ3v) is 3.38. The van der Waals surface area contributed by atoms with Gasteiger partial charge >= 0.3 is 0 Å². The first-order valence-electron chi connectivity index (χ1n) is 6.84. The number of anilines is 1. The molecule has 0 N–H and O–H groups in total. The second-order valence-electron chi connectivity index (χ2n) is 4.79. The molecule has 0 aromatic heterocycles. The summed E-state index contributed by atoms with van der Waals surface area (Å²) in [5.74, 6) is 0. The molecule has 108 valence electrons. The van der Waals surface area contributed by atoms with Gasteiger partial charge in [0, 0.05) is 31.4 Å². The molecule has 2 rings (SSSR count). The Morgan fingerprint density at radius 2 is 1.48 bits per heavy atom. The highest BCUT2D eigenvalue weighted by Crippen LogP contribution is 2.17. The van der Waals surface area contributed by atoms with Crippen LogP contribution in [-0.2, 0) is 0 Å². The number of nitro groups is 1. The van der Waals surface area contributed by atoms with Crippen LogP contribution in [-0.4, -0.2) is 18.5 Å². The normalized spacial score (nSPS) is 10.8. The van der Waals surface area contributed by atoms with E-state index in [-0.39, 0.29) is 5.69 Å². The highest BCUT2D eigenvalue weighted by molar-refractivity contribution is 5.70. The van der Waals surface area contributed by atoms with Gasteiger partial charge in [-0.05, 0) is 42.3 Å². The number of hydrogen-bond acceptors (Lipinski definition) is 3. The van der Waals surface area contributed by atoms with Gasteiger partial charge in [-0.15, -0.1) is 0 Å². The highest BCUT2D eigenvalue weighted by Gasteiger charge is 2.02. The minimum atomic E-state index is -0.392. The van der Waals surface area contributed by atoms with E-state index >= 15 is 0 Å². The van der Waals surface area contributed by atoms with Gasteiger partial charge in [0.15, 0.2) is 0 Å². The van der Waals surface area contributed by atoms with Crippen LogP contribution in [0.4, 0.5) is 11.4 Å². The van der Waals surface area contributed by atoms with Crippen LogP contribution in [0.15, 0.2) is 48.5 Å². The number of nitro benzene ring substituents is 1.